The van der Waals surface area contributed by atoms with Gasteiger partial charge in [-0.1, -0.05) is 25.1 Å². The molecule has 1 aliphatic heterocycles. The topological polar surface area (TPSA) is 75.1 Å². The van der Waals surface area contributed by atoms with Crippen molar-refractivity contribution < 1.29 is 19.4 Å². The van der Waals surface area contributed by atoms with Gasteiger partial charge in [-0.2, -0.15) is 0 Å². The van der Waals surface area contributed by atoms with Crippen LogP contribution in [0.25, 0.3) is 11.1 Å². The third-order valence-corrected chi connectivity index (χ3v) is 5.48. The number of carbonyl (C=O) groups is 1. The Morgan fingerprint density at radius 1 is 1.33 bits per heavy atom. The number of fused-ring (bicyclic) bond motifs is 1. The number of carbonyl (C=O) groups excluding carboxylic acids is 1. The molecule has 162 valence electrons. The van der Waals surface area contributed by atoms with E-state index in [9.17, 15) is 9.90 Å². The van der Waals surface area contributed by atoms with E-state index in [0.717, 1.165) is 11.1 Å². The zero-order valence-electron chi connectivity index (χ0n) is 18.3. The number of para-hydroxylation sites is 1. The summed E-state index contributed by atoms with van der Waals surface area (Å²) < 4.78 is 11.7. The fourth-order valence-corrected chi connectivity index (χ4v) is 3.71. The molecule has 0 unspecified atom stereocenters. The van der Waals surface area contributed by atoms with E-state index >= 15 is 0 Å². The number of aromatic nitrogens is 1. The second-order valence-electron chi connectivity index (χ2n) is 8.16. The number of benzene rings is 1. The van der Waals surface area contributed by atoms with Crippen molar-refractivity contribution in [3.8, 4) is 22.8 Å². The van der Waals surface area contributed by atoms with Crippen LogP contribution < -0.4 is 9.47 Å². The Kier molecular flexibility index (Phi) is 6.95. The van der Waals surface area contributed by atoms with Crippen molar-refractivity contribution in [1.82, 2.24) is 14.8 Å². The highest BCUT2D eigenvalue weighted by Crippen LogP contribution is 2.34. The summed E-state index contributed by atoms with van der Waals surface area (Å²) >= 11 is 0. The Morgan fingerprint density at radius 2 is 2.07 bits per heavy atom. The molecule has 0 bridgehead atoms. The first-order valence-corrected chi connectivity index (χ1v) is 10.2. The Hall–Kier alpha value is -2.64. The number of nitrogens with zero attached hydrogens (tertiary/aromatic N) is 3. The smallest absolute Gasteiger partial charge is 0.259 e. The minimum Gasteiger partial charge on any atom is -0.496 e. The molecular weight excluding hydrogens is 382 g/mol. The maximum Gasteiger partial charge on any atom is 0.259 e. The summed E-state index contributed by atoms with van der Waals surface area (Å²) in [5, 5.41) is 9.75. The highest BCUT2D eigenvalue weighted by atomic mass is 16.5. The third-order valence-electron chi connectivity index (χ3n) is 5.48. The van der Waals surface area contributed by atoms with Crippen LogP contribution in [0.5, 0.6) is 11.6 Å². The molecule has 1 aromatic carbocycles. The zero-order valence-corrected chi connectivity index (χ0v) is 18.3. The molecule has 0 aliphatic carbocycles. The highest BCUT2D eigenvalue weighted by molar-refractivity contribution is 5.98. The summed E-state index contributed by atoms with van der Waals surface area (Å²) in [7, 11) is 5.60. The number of methoxy groups -OCH3 is 1. The SMILES string of the molecule is COc1ccccc1-c1cnc2c(c1)C(=O)N([C@H](C)CO)C[C@H](C)[C@H](CN(C)C)O2. The molecule has 0 saturated heterocycles. The fraction of sp³-hybridized carbons (Fsp3) is 0.478. The zero-order chi connectivity index (χ0) is 21.8. The number of hydrogen-bond acceptors (Lipinski definition) is 6. The summed E-state index contributed by atoms with van der Waals surface area (Å²) in [5.74, 6) is 0.922. The Morgan fingerprint density at radius 3 is 2.73 bits per heavy atom. The van der Waals surface area contributed by atoms with Crippen molar-refractivity contribution in [2.45, 2.75) is 26.0 Å². The lowest BCUT2D eigenvalue weighted by Gasteiger charge is -2.37. The molecule has 1 amide bonds. The number of rotatable bonds is 6. The molecule has 2 heterocycles. The van der Waals surface area contributed by atoms with Crippen molar-refractivity contribution in [3.05, 3.63) is 42.1 Å². The molecule has 3 rings (SSSR count). The van der Waals surface area contributed by atoms with Crippen LogP contribution in [-0.4, -0.2) is 78.8 Å². The molecule has 2 aromatic rings. The van der Waals surface area contributed by atoms with Gasteiger partial charge in [-0.3, -0.25) is 4.79 Å². The number of likely N-dealkylation sites (N-methyl/N-ethyl adjacent to an activating group) is 1. The van der Waals surface area contributed by atoms with Gasteiger partial charge < -0.3 is 24.4 Å². The second-order valence-corrected chi connectivity index (χ2v) is 8.16. The number of aliphatic hydroxyl groups excluding tert-OH is 1. The number of amides is 1. The van der Waals surface area contributed by atoms with Crippen molar-refractivity contribution >= 4 is 5.91 Å². The van der Waals surface area contributed by atoms with E-state index in [1.807, 2.05) is 51.4 Å². The minimum absolute atomic E-state index is 0.0780. The first-order valence-electron chi connectivity index (χ1n) is 10.2. The van der Waals surface area contributed by atoms with Crippen LogP contribution in [0.3, 0.4) is 0 Å². The largest absolute Gasteiger partial charge is 0.496 e. The summed E-state index contributed by atoms with van der Waals surface area (Å²) in [6.45, 7) is 5.01. The molecule has 7 nitrogen and oxygen atoms in total. The maximum absolute atomic E-state index is 13.5. The normalized spacial score (nSPS) is 20.2. The van der Waals surface area contributed by atoms with E-state index in [2.05, 4.69) is 16.8 Å². The van der Waals surface area contributed by atoms with Crippen molar-refractivity contribution in [1.29, 1.82) is 0 Å². The average molecular weight is 414 g/mol. The van der Waals surface area contributed by atoms with E-state index in [1.165, 1.54) is 0 Å². The molecule has 30 heavy (non-hydrogen) atoms. The predicted octanol–water partition coefficient (Wildman–Crippen LogP) is 2.54. The monoisotopic (exact) mass is 413 g/mol. The standard InChI is InChI=1S/C23H31N3O4/c1-15-12-26(16(2)14-27)23(28)19-10-17(18-8-6-7-9-20(18)29-5)11-24-22(19)30-21(15)13-25(3)4/h6-11,15-16,21,27H,12-14H2,1-5H3/t15-,16+,21-/m0/s1. The van der Waals surface area contributed by atoms with Gasteiger partial charge >= 0.3 is 0 Å². The first-order chi connectivity index (χ1) is 14.3. The average Bonchev–Trinajstić information content (AvgIpc) is 2.75. The predicted molar refractivity (Wildman–Crippen MR) is 116 cm³/mol. The van der Waals surface area contributed by atoms with Gasteiger partial charge in [0.1, 0.15) is 17.4 Å². The van der Waals surface area contributed by atoms with Crippen LogP contribution in [0.15, 0.2) is 36.5 Å². The van der Waals surface area contributed by atoms with Crippen LogP contribution in [0.1, 0.15) is 24.2 Å². The van der Waals surface area contributed by atoms with E-state index in [4.69, 9.17) is 9.47 Å². The summed E-state index contributed by atoms with van der Waals surface area (Å²) in [6, 6.07) is 9.13. The van der Waals surface area contributed by atoms with Crippen molar-refractivity contribution in [2.24, 2.45) is 5.92 Å². The van der Waals surface area contributed by atoms with Crippen LogP contribution >= 0.6 is 0 Å². The van der Waals surface area contributed by atoms with E-state index < -0.39 is 0 Å². The van der Waals surface area contributed by atoms with Gasteiger partial charge in [0.2, 0.25) is 5.88 Å². The summed E-state index contributed by atoms with van der Waals surface area (Å²) in [6.07, 6.45) is 1.58. The van der Waals surface area contributed by atoms with E-state index in [0.29, 0.717) is 30.3 Å². The molecule has 7 heteroatoms. The number of ether oxygens (including phenoxy) is 2. The highest BCUT2D eigenvalue weighted by Gasteiger charge is 2.34. The van der Waals surface area contributed by atoms with Gasteiger partial charge in [0.25, 0.3) is 5.91 Å². The molecular formula is C23H31N3O4. The Balaban J connectivity index is 2.10. The lowest BCUT2D eigenvalue weighted by Crippen LogP contribution is -2.49. The van der Waals surface area contributed by atoms with Gasteiger partial charge in [0.05, 0.1) is 19.8 Å². The lowest BCUT2D eigenvalue weighted by molar-refractivity contribution is 0.0348. The molecule has 0 radical (unpaired) electrons. The molecule has 1 aliphatic rings. The fourth-order valence-electron chi connectivity index (χ4n) is 3.71. The Labute approximate surface area is 178 Å². The number of hydrogen-bond donors (Lipinski definition) is 1. The molecule has 3 atom stereocenters. The molecule has 1 N–H and O–H groups in total. The number of aliphatic hydroxyl groups is 1. The lowest BCUT2D eigenvalue weighted by atomic mass is 9.99. The van der Waals surface area contributed by atoms with E-state index in [1.54, 1.807) is 18.2 Å². The minimum atomic E-state index is -0.305. The molecule has 0 saturated carbocycles. The van der Waals surface area contributed by atoms with Crippen molar-refractivity contribution in [3.63, 3.8) is 0 Å². The molecule has 0 spiro atoms. The quantitative estimate of drug-likeness (QED) is 0.785. The first kappa shape index (κ1) is 22.1. The van der Waals surface area contributed by atoms with Gasteiger partial charge in [0, 0.05) is 36.3 Å². The van der Waals surface area contributed by atoms with Gasteiger partial charge in [-0.15, -0.1) is 0 Å². The van der Waals surface area contributed by atoms with Gasteiger partial charge in [0.15, 0.2) is 0 Å². The van der Waals surface area contributed by atoms with Gasteiger partial charge in [-0.05, 0) is 33.2 Å². The van der Waals surface area contributed by atoms with Gasteiger partial charge in [-0.25, -0.2) is 4.98 Å². The summed E-state index contributed by atoms with van der Waals surface area (Å²) in [5.41, 5.74) is 2.03. The maximum atomic E-state index is 13.5. The second kappa shape index (κ2) is 9.45. The Bertz CT molecular complexity index is 887. The van der Waals surface area contributed by atoms with Crippen LogP contribution in [-0.2, 0) is 0 Å². The van der Waals surface area contributed by atoms with Crippen molar-refractivity contribution in [2.75, 3.05) is 40.9 Å². The summed E-state index contributed by atoms with van der Waals surface area (Å²) in [4.78, 5) is 21.8. The molecule has 1 aromatic heterocycles. The van der Waals surface area contributed by atoms with Crippen LogP contribution in [0, 0.1) is 5.92 Å². The number of pyridine rings is 1. The van der Waals surface area contributed by atoms with E-state index in [-0.39, 0.29) is 30.6 Å². The van der Waals surface area contributed by atoms with Crippen LogP contribution in [0.2, 0.25) is 0 Å². The third kappa shape index (κ3) is 4.57. The molecule has 0 fully saturated rings. The van der Waals surface area contributed by atoms with Crippen LogP contribution in [0.4, 0.5) is 0 Å².